The van der Waals surface area contributed by atoms with E-state index >= 15 is 0 Å². The lowest BCUT2D eigenvalue weighted by atomic mass is 9.98. The van der Waals surface area contributed by atoms with Crippen molar-refractivity contribution in [2.24, 2.45) is 17.8 Å². The van der Waals surface area contributed by atoms with Crippen molar-refractivity contribution in [2.75, 3.05) is 11.1 Å². The SMILES string of the molecule is CC1CC(C(O)O)[C@H](CS(=O)(=O)c2cc(C(=O)Nc3cc(F)c(F)c(F)c3)ccc2Cl)C1. The van der Waals surface area contributed by atoms with Crippen LogP contribution in [-0.2, 0) is 9.84 Å². The summed E-state index contributed by atoms with van der Waals surface area (Å²) in [5.74, 6) is -6.94. The van der Waals surface area contributed by atoms with Crippen LogP contribution in [0, 0.1) is 35.2 Å². The number of halogens is 4. The molecule has 0 bridgehead atoms. The van der Waals surface area contributed by atoms with Crippen LogP contribution in [0.25, 0.3) is 0 Å². The zero-order chi connectivity index (χ0) is 23.8. The quantitative estimate of drug-likeness (QED) is 0.422. The molecule has 3 N–H and O–H groups in total. The first-order valence-electron chi connectivity index (χ1n) is 9.73. The van der Waals surface area contributed by atoms with Gasteiger partial charge in [-0.3, -0.25) is 4.79 Å². The van der Waals surface area contributed by atoms with Crippen molar-refractivity contribution >= 4 is 33.0 Å². The van der Waals surface area contributed by atoms with Gasteiger partial charge < -0.3 is 15.5 Å². The second-order valence-electron chi connectivity index (χ2n) is 8.05. The third-order valence-electron chi connectivity index (χ3n) is 5.57. The van der Waals surface area contributed by atoms with Crippen LogP contribution in [0.2, 0.25) is 5.02 Å². The van der Waals surface area contributed by atoms with Gasteiger partial charge in [0.25, 0.3) is 5.91 Å². The Labute approximate surface area is 187 Å². The Morgan fingerprint density at radius 2 is 1.78 bits per heavy atom. The van der Waals surface area contributed by atoms with Crippen LogP contribution in [0.3, 0.4) is 0 Å². The fourth-order valence-corrected chi connectivity index (χ4v) is 6.36. The molecule has 3 atom stereocenters. The Kier molecular flexibility index (Phi) is 7.18. The average molecular weight is 492 g/mol. The number of benzene rings is 2. The van der Waals surface area contributed by atoms with Crippen LogP contribution in [0.1, 0.15) is 30.1 Å². The normalized spacial score (nSPS) is 21.2. The van der Waals surface area contributed by atoms with Gasteiger partial charge >= 0.3 is 0 Å². The number of aliphatic hydroxyl groups excluding tert-OH is 1. The van der Waals surface area contributed by atoms with Crippen molar-refractivity contribution in [1.82, 2.24) is 0 Å². The smallest absolute Gasteiger partial charge is 0.255 e. The molecule has 1 amide bonds. The first-order chi connectivity index (χ1) is 14.9. The molecule has 174 valence electrons. The Morgan fingerprint density at radius 3 is 2.38 bits per heavy atom. The molecular weight excluding hydrogens is 471 g/mol. The fraction of sp³-hybridized carbons (Fsp3) is 0.381. The molecule has 0 spiro atoms. The molecule has 11 heteroatoms. The van der Waals surface area contributed by atoms with Crippen LogP contribution in [-0.4, -0.2) is 36.6 Å². The molecule has 1 fully saturated rings. The number of anilines is 1. The van der Waals surface area contributed by atoms with E-state index in [1.54, 1.807) is 0 Å². The van der Waals surface area contributed by atoms with Gasteiger partial charge in [0.05, 0.1) is 15.7 Å². The van der Waals surface area contributed by atoms with Crippen LogP contribution in [0.5, 0.6) is 0 Å². The molecule has 2 aromatic carbocycles. The lowest BCUT2D eigenvalue weighted by Crippen LogP contribution is -2.28. The van der Waals surface area contributed by atoms with Crippen molar-refractivity contribution in [3.05, 3.63) is 58.4 Å². The van der Waals surface area contributed by atoms with Crippen molar-refractivity contribution in [3.63, 3.8) is 0 Å². The van der Waals surface area contributed by atoms with Crippen molar-refractivity contribution in [2.45, 2.75) is 31.0 Å². The largest absolute Gasteiger partial charge is 0.368 e. The van der Waals surface area contributed by atoms with Crippen molar-refractivity contribution in [1.29, 1.82) is 0 Å². The minimum Gasteiger partial charge on any atom is -0.368 e. The van der Waals surface area contributed by atoms with E-state index in [9.17, 15) is 36.6 Å². The van der Waals surface area contributed by atoms with E-state index in [2.05, 4.69) is 5.32 Å². The highest BCUT2D eigenvalue weighted by molar-refractivity contribution is 7.91. The Bertz CT molecular complexity index is 1120. The van der Waals surface area contributed by atoms with Gasteiger partial charge in [-0.1, -0.05) is 18.5 Å². The second-order valence-corrected chi connectivity index (χ2v) is 10.5. The molecule has 32 heavy (non-hydrogen) atoms. The van der Waals surface area contributed by atoms with Crippen molar-refractivity contribution in [3.8, 4) is 0 Å². The van der Waals surface area contributed by atoms with Gasteiger partial charge in [0.1, 0.15) is 0 Å². The predicted octanol–water partition coefficient (Wildman–Crippen LogP) is 3.76. The van der Waals surface area contributed by atoms with Crippen LogP contribution < -0.4 is 5.32 Å². The number of rotatable bonds is 6. The highest BCUT2D eigenvalue weighted by atomic mass is 35.5. The number of carbonyl (C=O) groups is 1. The summed E-state index contributed by atoms with van der Waals surface area (Å²) in [6.45, 7) is 1.89. The van der Waals surface area contributed by atoms with E-state index in [0.717, 1.165) is 6.07 Å². The molecule has 6 nitrogen and oxygen atoms in total. The van der Waals surface area contributed by atoms with Gasteiger partial charge in [-0.2, -0.15) is 0 Å². The number of hydrogen-bond acceptors (Lipinski definition) is 5. The monoisotopic (exact) mass is 491 g/mol. The van der Waals surface area contributed by atoms with E-state index in [0.29, 0.717) is 25.0 Å². The standard InChI is InChI=1S/C21H21ClF3NO5S/c1-10-4-12(14(5-10)21(28)29)9-32(30,31)18-6-11(2-3-15(18)22)20(27)26-13-7-16(23)19(25)17(24)8-13/h2-3,6-8,10,12,14,21,28-29H,4-5,9H2,1H3,(H,26,27)/t10?,12-,14?/m0/s1. The van der Waals surface area contributed by atoms with Crippen LogP contribution in [0.4, 0.5) is 18.9 Å². The van der Waals surface area contributed by atoms with Gasteiger partial charge in [-0.15, -0.1) is 0 Å². The fourth-order valence-electron chi connectivity index (χ4n) is 4.09. The molecule has 2 unspecified atom stereocenters. The molecule has 1 aliphatic carbocycles. The Balaban J connectivity index is 1.85. The number of nitrogens with one attached hydrogen (secondary N) is 1. The summed E-state index contributed by atoms with van der Waals surface area (Å²) >= 11 is 6.07. The molecular formula is C21H21ClF3NO5S. The molecule has 2 aromatic rings. The Hall–Kier alpha value is -2.14. The van der Waals surface area contributed by atoms with E-state index in [1.807, 2.05) is 6.92 Å². The number of sulfone groups is 1. The highest BCUT2D eigenvalue weighted by Gasteiger charge is 2.39. The molecule has 3 rings (SSSR count). The van der Waals surface area contributed by atoms with E-state index in [-0.39, 0.29) is 27.1 Å². The molecule has 0 saturated heterocycles. The van der Waals surface area contributed by atoms with E-state index < -0.39 is 57.1 Å². The van der Waals surface area contributed by atoms with Gasteiger partial charge in [-0.25, -0.2) is 21.6 Å². The highest BCUT2D eigenvalue weighted by Crippen LogP contribution is 2.40. The summed E-state index contributed by atoms with van der Waals surface area (Å²) in [5.41, 5.74) is -0.512. The number of amides is 1. The summed E-state index contributed by atoms with van der Waals surface area (Å²) in [7, 11) is -4.02. The number of hydrogen-bond donors (Lipinski definition) is 3. The third kappa shape index (κ3) is 5.25. The van der Waals surface area contributed by atoms with E-state index in [1.165, 1.54) is 12.1 Å². The van der Waals surface area contributed by atoms with Gasteiger partial charge in [0.2, 0.25) is 0 Å². The first kappa shape index (κ1) is 24.5. The molecule has 0 aromatic heterocycles. The lowest BCUT2D eigenvalue weighted by Gasteiger charge is -2.21. The lowest BCUT2D eigenvalue weighted by molar-refractivity contribution is -0.0921. The zero-order valence-electron chi connectivity index (χ0n) is 16.9. The molecule has 1 aliphatic rings. The molecule has 0 radical (unpaired) electrons. The number of aliphatic hydroxyl groups is 2. The third-order valence-corrected chi connectivity index (χ3v) is 7.89. The summed E-state index contributed by atoms with van der Waals surface area (Å²) in [6, 6.07) is 4.64. The van der Waals surface area contributed by atoms with Crippen LogP contribution >= 0.6 is 11.6 Å². The van der Waals surface area contributed by atoms with Gasteiger partial charge in [-0.05, 0) is 42.9 Å². The topological polar surface area (TPSA) is 104 Å². The van der Waals surface area contributed by atoms with Gasteiger partial charge in [0, 0.05) is 29.3 Å². The summed E-state index contributed by atoms with van der Waals surface area (Å²) in [5, 5.41) is 21.2. The summed E-state index contributed by atoms with van der Waals surface area (Å²) in [4.78, 5) is 12.2. The number of carbonyl (C=O) groups excluding carboxylic acids is 1. The molecule has 1 saturated carbocycles. The maximum atomic E-state index is 13.4. The maximum absolute atomic E-state index is 13.4. The molecule has 0 aliphatic heterocycles. The van der Waals surface area contributed by atoms with E-state index in [4.69, 9.17) is 11.6 Å². The summed E-state index contributed by atoms with van der Waals surface area (Å²) in [6.07, 6.45) is -0.691. The first-order valence-corrected chi connectivity index (χ1v) is 11.8. The van der Waals surface area contributed by atoms with Crippen molar-refractivity contribution < 1.29 is 36.6 Å². The predicted molar refractivity (Wildman–Crippen MR) is 111 cm³/mol. The van der Waals surface area contributed by atoms with Crippen LogP contribution in [0.15, 0.2) is 35.2 Å². The zero-order valence-corrected chi connectivity index (χ0v) is 18.4. The maximum Gasteiger partial charge on any atom is 0.255 e. The Morgan fingerprint density at radius 1 is 1.16 bits per heavy atom. The van der Waals surface area contributed by atoms with Gasteiger partial charge in [0.15, 0.2) is 33.6 Å². The summed E-state index contributed by atoms with van der Waals surface area (Å²) < 4.78 is 65.9. The second kappa shape index (κ2) is 9.38. The average Bonchev–Trinajstić information content (AvgIpc) is 3.05. The molecule has 0 heterocycles. The minimum absolute atomic E-state index is 0.117. The minimum atomic E-state index is -4.02.